The Morgan fingerprint density at radius 1 is 1.45 bits per heavy atom. The molecular formula is C8H7BrN2. The molecule has 11 heavy (non-hydrogen) atoms. The van der Waals surface area contributed by atoms with E-state index < -0.39 is 0 Å². The average Bonchev–Trinajstić information content (AvgIpc) is 2.27. The number of aromatic nitrogens is 2. The van der Waals surface area contributed by atoms with Crippen LogP contribution < -0.4 is 0 Å². The molecule has 2 heterocycles. The molecule has 3 heteroatoms. The molecule has 0 saturated carbocycles. The van der Waals surface area contributed by atoms with Crippen LogP contribution in [0.5, 0.6) is 0 Å². The van der Waals surface area contributed by atoms with Gasteiger partial charge in [-0.05, 0) is 28.9 Å². The summed E-state index contributed by atoms with van der Waals surface area (Å²) >= 11 is 3.40. The molecule has 0 unspecified atom stereocenters. The molecule has 0 N–H and O–H groups in total. The molecule has 0 aliphatic carbocycles. The molecule has 0 amide bonds. The number of fused-ring (bicyclic) bond motifs is 1. The Bertz CT molecular complexity index is 392. The Morgan fingerprint density at radius 2 is 2.27 bits per heavy atom. The van der Waals surface area contributed by atoms with E-state index in [-0.39, 0.29) is 0 Å². The lowest BCUT2D eigenvalue weighted by molar-refractivity contribution is 1.08. The zero-order chi connectivity index (χ0) is 7.84. The van der Waals surface area contributed by atoms with Crippen molar-refractivity contribution in [1.29, 1.82) is 0 Å². The van der Waals surface area contributed by atoms with Gasteiger partial charge in [0, 0.05) is 16.9 Å². The van der Waals surface area contributed by atoms with E-state index in [1.165, 1.54) is 0 Å². The normalized spacial score (nSPS) is 10.7. The van der Waals surface area contributed by atoms with Gasteiger partial charge in [-0.15, -0.1) is 0 Å². The van der Waals surface area contributed by atoms with Crippen LogP contribution in [0.15, 0.2) is 29.1 Å². The highest BCUT2D eigenvalue weighted by Crippen LogP contribution is 2.14. The molecule has 2 aromatic rings. The SMILES string of the molecule is Cc1cn2cc(Br)cc2cn1. The predicted octanol–water partition coefficient (Wildman–Crippen LogP) is 2.41. The third kappa shape index (κ3) is 1.16. The Kier molecular flexibility index (Phi) is 1.46. The Morgan fingerprint density at radius 3 is 3.09 bits per heavy atom. The second-order valence-electron chi connectivity index (χ2n) is 2.52. The third-order valence-corrected chi connectivity index (χ3v) is 2.01. The number of nitrogens with zero attached hydrogens (tertiary/aromatic N) is 2. The van der Waals surface area contributed by atoms with Gasteiger partial charge in [-0.2, -0.15) is 0 Å². The molecule has 2 aromatic heterocycles. The van der Waals surface area contributed by atoms with Gasteiger partial charge in [-0.3, -0.25) is 4.98 Å². The van der Waals surface area contributed by atoms with E-state index in [0.29, 0.717) is 0 Å². The lowest BCUT2D eigenvalue weighted by Gasteiger charge is -1.93. The van der Waals surface area contributed by atoms with Gasteiger partial charge in [-0.1, -0.05) is 0 Å². The van der Waals surface area contributed by atoms with E-state index in [0.717, 1.165) is 15.7 Å². The summed E-state index contributed by atoms with van der Waals surface area (Å²) < 4.78 is 3.14. The van der Waals surface area contributed by atoms with Crippen molar-refractivity contribution >= 4 is 21.4 Å². The number of rotatable bonds is 0. The molecule has 0 radical (unpaired) electrons. The van der Waals surface area contributed by atoms with Crippen molar-refractivity contribution in [2.45, 2.75) is 6.92 Å². The molecule has 2 nitrogen and oxygen atoms in total. The molecule has 0 fully saturated rings. The fourth-order valence-corrected chi connectivity index (χ4v) is 1.53. The molecule has 0 aliphatic heterocycles. The predicted molar refractivity (Wildman–Crippen MR) is 47.6 cm³/mol. The summed E-state index contributed by atoms with van der Waals surface area (Å²) in [5, 5.41) is 0. The first-order chi connectivity index (χ1) is 5.25. The van der Waals surface area contributed by atoms with Crippen molar-refractivity contribution in [3.63, 3.8) is 0 Å². The number of hydrogen-bond donors (Lipinski definition) is 0. The summed E-state index contributed by atoms with van der Waals surface area (Å²) in [5.41, 5.74) is 2.14. The van der Waals surface area contributed by atoms with Crippen LogP contribution in [0.1, 0.15) is 5.69 Å². The molecule has 0 saturated heterocycles. The smallest absolute Gasteiger partial charge is 0.0645 e. The van der Waals surface area contributed by atoms with E-state index >= 15 is 0 Å². The minimum Gasteiger partial charge on any atom is -0.319 e. The Labute approximate surface area is 73.0 Å². The number of halogens is 1. The van der Waals surface area contributed by atoms with Crippen LogP contribution in [0.25, 0.3) is 5.52 Å². The quantitative estimate of drug-likeness (QED) is 0.653. The van der Waals surface area contributed by atoms with Crippen molar-refractivity contribution in [1.82, 2.24) is 9.38 Å². The monoisotopic (exact) mass is 210 g/mol. The van der Waals surface area contributed by atoms with Crippen LogP contribution in [0.2, 0.25) is 0 Å². The summed E-state index contributed by atoms with van der Waals surface area (Å²) in [6, 6.07) is 2.03. The maximum atomic E-state index is 4.18. The fraction of sp³-hybridized carbons (Fsp3) is 0.125. The summed E-state index contributed by atoms with van der Waals surface area (Å²) in [7, 11) is 0. The molecule has 0 spiro atoms. The zero-order valence-electron chi connectivity index (χ0n) is 6.08. The van der Waals surface area contributed by atoms with Crippen LogP contribution in [0.4, 0.5) is 0 Å². The van der Waals surface area contributed by atoms with Crippen LogP contribution in [-0.2, 0) is 0 Å². The highest BCUT2D eigenvalue weighted by Gasteiger charge is 1.95. The van der Waals surface area contributed by atoms with Crippen molar-refractivity contribution in [3.8, 4) is 0 Å². The molecule has 2 rings (SSSR count). The van der Waals surface area contributed by atoms with Crippen molar-refractivity contribution in [2.75, 3.05) is 0 Å². The summed E-state index contributed by atoms with van der Waals surface area (Å²) in [5.74, 6) is 0. The van der Waals surface area contributed by atoms with Crippen LogP contribution in [0.3, 0.4) is 0 Å². The van der Waals surface area contributed by atoms with Gasteiger partial charge < -0.3 is 4.40 Å². The highest BCUT2D eigenvalue weighted by molar-refractivity contribution is 9.10. The van der Waals surface area contributed by atoms with Gasteiger partial charge >= 0.3 is 0 Å². The second kappa shape index (κ2) is 2.34. The van der Waals surface area contributed by atoms with Gasteiger partial charge in [0.05, 0.1) is 17.4 Å². The van der Waals surface area contributed by atoms with Crippen molar-refractivity contribution in [2.24, 2.45) is 0 Å². The average molecular weight is 211 g/mol. The second-order valence-corrected chi connectivity index (χ2v) is 3.43. The van der Waals surface area contributed by atoms with Crippen molar-refractivity contribution < 1.29 is 0 Å². The van der Waals surface area contributed by atoms with Crippen molar-refractivity contribution in [3.05, 3.63) is 34.8 Å². The van der Waals surface area contributed by atoms with E-state index in [4.69, 9.17) is 0 Å². The standard InChI is InChI=1S/C8H7BrN2/c1-6-4-11-5-7(9)2-8(11)3-10-6/h2-5H,1H3. The summed E-state index contributed by atoms with van der Waals surface area (Å²) in [6.07, 6.45) is 5.88. The minimum absolute atomic E-state index is 1.03. The largest absolute Gasteiger partial charge is 0.319 e. The van der Waals surface area contributed by atoms with Gasteiger partial charge in [0.1, 0.15) is 0 Å². The molecule has 56 valence electrons. The Hall–Kier alpha value is -0.830. The maximum Gasteiger partial charge on any atom is 0.0645 e. The van der Waals surface area contributed by atoms with E-state index in [1.807, 2.05) is 36.0 Å². The molecule has 0 atom stereocenters. The Balaban J connectivity index is 2.82. The van der Waals surface area contributed by atoms with Crippen LogP contribution >= 0.6 is 15.9 Å². The topological polar surface area (TPSA) is 17.3 Å². The zero-order valence-corrected chi connectivity index (χ0v) is 7.67. The van der Waals surface area contributed by atoms with E-state index in [1.54, 1.807) is 0 Å². The number of aryl methyl sites for hydroxylation is 1. The lowest BCUT2D eigenvalue weighted by atomic mass is 10.5. The van der Waals surface area contributed by atoms with Gasteiger partial charge in [0.25, 0.3) is 0 Å². The van der Waals surface area contributed by atoms with E-state index in [2.05, 4.69) is 20.9 Å². The highest BCUT2D eigenvalue weighted by atomic mass is 79.9. The molecular weight excluding hydrogens is 204 g/mol. The number of hydrogen-bond acceptors (Lipinski definition) is 1. The van der Waals surface area contributed by atoms with E-state index in [9.17, 15) is 0 Å². The molecule has 0 aromatic carbocycles. The lowest BCUT2D eigenvalue weighted by Crippen LogP contribution is -1.86. The minimum atomic E-state index is 1.03. The van der Waals surface area contributed by atoms with Gasteiger partial charge in [0.15, 0.2) is 0 Å². The van der Waals surface area contributed by atoms with Gasteiger partial charge in [0.2, 0.25) is 0 Å². The first-order valence-electron chi connectivity index (χ1n) is 3.35. The summed E-state index contributed by atoms with van der Waals surface area (Å²) in [4.78, 5) is 4.18. The molecule has 0 bridgehead atoms. The van der Waals surface area contributed by atoms with Gasteiger partial charge in [-0.25, -0.2) is 0 Å². The molecule has 0 aliphatic rings. The first-order valence-corrected chi connectivity index (χ1v) is 4.15. The van der Waals surface area contributed by atoms with Crippen LogP contribution in [-0.4, -0.2) is 9.38 Å². The first kappa shape index (κ1) is 6.85. The third-order valence-electron chi connectivity index (χ3n) is 1.57. The maximum absolute atomic E-state index is 4.18. The summed E-state index contributed by atoms with van der Waals surface area (Å²) in [6.45, 7) is 1.98. The fourth-order valence-electron chi connectivity index (χ4n) is 1.08. The van der Waals surface area contributed by atoms with Crippen LogP contribution in [0, 0.1) is 6.92 Å².